The maximum atomic E-state index is 13.9. The number of carbonyl (C=O) groups is 1. The first-order valence-electron chi connectivity index (χ1n) is 9.05. The number of amides is 1. The third-order valence-electron chi connectivity index (χ3n) is 4.94. The largest absolute Gasteiger partial charge is 0.359 e. The number of nitrogens with one attached hydrogen (secondary N) is 2. The van der Waals surface area contributed by atoms with Gasteiger partial charge in [-0.2, -0.15) is 0 Å². The molecular formula is C19H29F2IN4O. The average Bonchev–Trinajstić information content (AvgIpc) is 2.63. The molecule has 5 nitrogen and oxygen atoms in total. The molecule has 1 fully saturated rings. The molecule has 1 atom stereocenters. The summed E-state index contributed by atoms with van der Waals surface area (Å²) in [5.41, 5.74) is 0.485. The summed E-state index contributed by atoms with van der Waals surface area (Å²) < 4.78 is 26.9. The number of hydrogen-bond donors (Lipinski definition) is 2. The Bertz CT molecular complexity index is 649. The zero-order valence-electron chi connectivity index (χ0n) is 16.1. The van der Waals surface area contributed by atoms with Crippen LogP contribution in [0.2, 0.25) is 0 Å². The molecule has 0 bridgehead atoms. The van der Waals surface area contributed by atoms with Gasteiger partial charge < -0.3 is 15.5 Å². The fourth-order valence-electron chi connectivity index (χ4n) is 3.30. The lowest BCUT2D eigenvalue weighted by molar-refractivity contribution is -0.121. The second-order valence-electron chi connectivity index (χ2n) is 6.80. The van der Waals surface area contributed by atoms with Crippen molar-refractivity contribution in [3.8, 4) is 0 Å². The van der Waals surface area contributed by atoms with Crippen molar-refractivity contribution in [3.63, 3.8) is 0 Å². The van der Waals surface area contributed by atoms with Crippen LogP contribution < -0.4 is 10.6 Å². The van der Waals surface area contributed by atoms with Gasteiger partial charge in [0.15, 0.2) is 5.96 Å². The van der Waals surface area contributed by atoms with Crippen LogP contribution in [0, 0.1) is 17.6 Å². The van der Waals surface area contributed by atoms with Crippen molar-refractivity contribution in [3.05, 3.63) is 35.4 Å². The molecule has 1 amide bonds. The van der Waals surface area contributed by atoms with E-state index in [4.69, 9.17) is 0 Å². The molecule has 1 unspecified atom stereocenters. The Kier molecular flexibility index (Phi) is 9.97. The number of rotatable bonds is 5. The fraction of sp³-hybridized carbons (Fsp3) is 0.579. The van der Waals surface area contributed by atoms with Gasteiger partial charge in [-0.05, 0) is 30.4 Å². The van der Waals surface area contributed by atoms with Crippen molar-refractivity contribution in [2.45, 2.75) is 32.1 Å². The summed E-state index contributed by atoms with van der Waals surface area (Å²) in [5.74, 6) is 0.0553. The van der Waals surface area contributed by atoms with Crippen LogP contribution in [0.3, 0.4) is 0 Å². The number of nitrogens with zero attached hydrogens (tertiary/aromatic N) is 2. The average molecular weight is 494 g/mol. The molecule has 0 saturated carbocycles. The van der Waals surface area contributed by atoms with Crippen LogP contribution in [0.1, 0.15) is 37.7 Å². The highest BCUT2D eigenvalue weighted by Gasteiger charge is 2.23. The maximum absolute atomic E-state index is 13.9. The second kappa shape index (κ2) is 11.4. The number of aliphatic imine (C=N–C) groups is 1. The van der Waals surface area contributed by atoms with E-state index in [-0.39, 0.29) is 35.8 Å². The molecule has 2 N–H and O–H groups in total. The minimum Gasteiger partial charge on any atom is -0.359 e. The first-order chi connectivity index (χ1) is 12.4. The molecule has 27 heavy (non-hydrogen) atoms. The molecule has 1 heterocycles. The van der Waals surface area contributed by atoms with E-state index in [0.29, 0.717) is 24.4 Å². The summed E-state index contributed by atoms with van der Waals surface area (Å²) in [6, 6.07) is 3.68. The normalized spacial score (nSPS) is 16.5. The Morgan fingerprint density at radius 2 is 2.00 bits per heavy atom. The molecule has 2 rings (SSSR count). The van der Waals surface area contributed by atoms with Crippen molar-refractivity contribution in [2.75, 3.05) is 33.7 Å². The summed E-state index contributed by atoms with van der Waals surface area (Å²) >= 11 is 0. The van der Waals surface area contributed by atoms with E-state index < -0.39 is 11.6 Å². The Labute approximate surface area is 177 Å². The van der Waals surface area contributed by atoms with Gasteiger partial charge in [-0.3, -0.25) is 9.79 Å². The highest BCUT2D eigenvalue weighted by molar-refractivity contribution is 14.0. The van der Waals surface area contributed by atoms with Gasteiger partial charge in [0, 0.05) is 52.1 Å². The topological polar surface area (TPSA) is 56.7 Å². The van der Waals surface area contributed by atoms with E-state index in [1.54, 1.807) is 14.1 Å². The van der Waals surface area contributed by atoms with Crippen molar-refractivity contribution in [2.24, 2.45) is 10.9 Å². The van der Waals surface area contributed by atoms with Crippen LogP contribution >= 0.6 is 24.0 Å². The minimum atomic E-state index is -0.568. The van der Waals surface area contributed by atoms with Gasteiger partial charge in [0.25, 0.3) is 0 Å². The van der Waals surface area contributed by atoms with Crippen molar-refractivity contribution < 1.29 is 13.6 Å². The highest BCUT2D eigenvalue weighted by atomic mass is 127. The number of carbonyl (C=O) groups excluding carboxylic acids is 1. The zero-order chi connectivity index (χ0) is 19.1. The molecule has 1 aromatic rings. The van der Waals surface area contributed by atoms with E-state index in [9.17, 15) is 13.6 Å². The lowest BCUT2D eigenvalue weighted by Gasteiger charge is -2.34. The van der Waals surface area contributed by atoms with Gasteiger partial charge in [0.2, 0.25) is 5.91 Å². The van der Waals surface area contributed by atoms with E-state index in [0.717, 1.165) is 38.0 Å². The molecule has 0 aromatic heterocycles. The lowest BCUT2D eigenvalue weighted by atomic mass is 9.93. The van der Waals surface area contributed by atoms with Crippen molar-refractivity contribution >= 4 is 35.8 Å². The van der Waals surface area contributed by atoms with Gasteiger partial charge in [-0.1, -0.05) is 13.0 Å². The van der Waals surface area contributed by atoms with E-state index in [1.807, 2.05) is 6.92 Å². The van der Waals surface area contributed by atoms with Gasteiger partial charge >= 0.3 is 0 Å². The van der Waals surface area contributed by atoms with Crippen LogP contribution in [-0.4, -0.2) is 50.5 Å². The van der Waals surface area contributed by atoms with Crippen LogP contribution in [-0.2, 0) is 4.79 Å². The minimum absolute atomic E-state index is 0. The summed E-state index contributed by atoms with van der Waals surface area (Å²) in [4.78, 5) is 18.0. The number of likely N-dealkylation sites (tertiary alicyclic amines) is 1. The standard InChI is InChI=1S/C19H28F2N4O.HI/c1-13(16-5-4-15(20)11-17(16)21)12-24-19(23-3)25-8-6-14(7-9-25)10-18(26)22-2;/h4-5,11,13-14H,6-10,12H2,1-3H3,(H,22,26)(H,23,24);1H. The first-order valence-corrected chi connectivity index (χ1v) is 9.05. The third-order valence-corrected chi connectivity index (χ3v) is 4.94. The van der Waals surface area contributed by atoms with E-state index >= 15 is 0 Å². The monoisotopic (exact) mass is 494 g/mol. The Morgan fingerprint density at radius 3 is 2.56 bits per heavy atom. The Morgan fingerprint density at radius 1 is 1.33 bits per heavy atom. The molecule has 8 heteroatoms. The molecule has 0 aliphatic carbocycles. The molecule has 152 valence electrons. The SMILES string of the molecule is CN=C(NCC(C)c1ccc(F)cc1F)N1CCC(CC(=O)NC)CC1.I. The van der Waals surface area contributed by atoms with Crippen molar-refractivity contribution in [1.82, 2.24) is 15.5 Å². The number of guanidine groups is 1. The van der Waals surface area contributed by atoms with Gasteiger partial charge in [0.1, 0.15) is 11.6 Å². The van der Waals surface area contributed by atoms with E-state index in [2.05, 4.69) is 20.5 Å². The van der Waals surface area contributed by atoms with E-state index in [1.165, 1.54) is 12.1 Å². The highest BCUT2D eigenvalue weighted by Crippen LogP contribution is 2.21. The van der Waals surface area contributed by atoms with Crippen LogP contribution in [0.25, 0.3) is 0 Å². The fourth-order valence-corrected chi connectivity index (χ4v) is 3.30. The maximum Gasteiger partial charge on any atom is 0.220 e. The molecule has 1 aliphatic heterocycles. The Balaban J connectivity index is 0.00000364. The molecule has 1 saturated heterocycles. The smallest absolute Gasteiger partial charge is 0.220 e. The molecule has 1 aliphatic rings. The number of hydrogen-bond acceptors (Lipinski definition) is 2. The van der Waals surface area contributed by atoms with Gasteiger partial charge in [-0.25, -0.2) is 8.78 Å². The molecule has 0 spiro atoms. The van der Waals surface area contributed by atoms with Crippen molar-refractivity contribution in [1.29, 1.82) is 0 Å². The zero-order valence-corrected chi connectivity index (χ0v) is 18.4. The summed E-state index contributed by atoms with van der Waals surface area (Å²) in [7, 11) is 3.39. The molecule has 1 aromatic carbocycles. The second-order valence-corrected chi connectivity index (χ2v) is 6.80. The number of benzene rings is 1. The summed E-state index contributed by atoms with van der Waals surface area (Å²) in [6.07, 6.45) is 2.45. The lowest BCUT2D eigenvalue weighted by Crippen LogP contribution is -2.46. The van der Waals surface area contributed by atoms with Crippen LogP contribution in [0.15, 0.2) is 23.2 Å². The summed E-state index contributed by atoms with van der Waals surface area (Å²) in [6.45, 7) is 4.07. The van der Waals surface area contributed by atoms with Crippen LogP contribution in [0.4, 0.5) is 8.78 Å². The number of piperidine rings is 1. The van der Waals surface area contributed by atoms with Gasteiger partial charge in [0.05, 0.1) is 0 Å². The van der Waals surface area contributed by atoms with Crippen LogP contribution in [0.5, 0.6) is 0 Å². The predicted molar refractivity (Wildman–Crippen MR) is 115 cm³/mol. The molecule has 0 radical (unpaired) electrons. The quantitative estimate of drug-likeness (QED) is 0.376. The molecular weight excluding hydrogens is 465 g/mol. The van der Waals surface area contributed by atoms with Gasteiger partial charge in [-0.15, -0.1) is 24.0 Å². The summed E-state index contributed by atoms with van der Waals surface area (Å²) in [5, 5.41) is 5.95. The first kappa shape index (κ1) is 23.6. The Hall–Kier alpha value is -1.45. The number of halogens is 3. The third kappa shape index (κ3) is 6.90. The predicted octanol–water partition coefficient (Wildman–Crippen LogP) is 3.11.